The van der Waals surface area contributed by atoms with Crippen molar-refractivity contribution in [2.24, 2.45) is 0 Å². The van der Waals surface area contributed by atoms with E-state index in [9.17, 15) is 0 Å². The van der Waals surface area contributed by atoms with Crippen LogP contribution in [0.3, 0.4) is 0 Å². The zero-order chi connectivity index (χ0) is 46.1. The van der Waals surface area contributed by atoms with Crippen molar-refractivity contribution in [1.29, 1.82) is 0 Å². The van der Waals surface area contributed by atoms with Gasteiger partial charge in [-0.2, -0.15) is 0 Å². The first kappa shape index (κ1) is 40.8. The number of hydrogen-bond acceptors (Lipinski definition) is 4. The smallest absolute Gasteiger partial charge is 0.0564 e. The van der Waals surface area contributed by atoms with Crippen molar-refractivity contribution in [2.75, 3.05) is 14.7 Å². The Balaban J connectivity index is 0.999. The van der Waals surface area contributed by atoms with E-state index in [1.807, 2.05) is 11.3 Å². The van der Waals surface area contributed by atoms with Gasteiger partial charge in [-0.05, 0) is 147 Å². The molecule has 11 aromatic carbocycles. The maximum atomic E-state index is 2.45. The molecule has 0 atom stereocenters. The first-order valence-corrected chi connectivity index (χ1v) is 24.6. The summed E-state index contributed by atoms with van der Waals surface area (Å²) in [7, 11) is 0. The Kier molecular flexibility index (Phi) is 9.70. The second-order valence-corrected chi connectivity index (χ2v) is 19.6. The van der Waals surface area contributed by atoms with Gasteiger partial charge in [-0.1, -0.05) is 153 Å². The van der Waals surface area contributed by atoms with Crippen molar-refractivity contribution in [3.05, 3.63) is 260 Å². The number of hydrogen-bond donors (Lipinski definition) is 0. The summed E-state index contributed by atoms with van der Waals surface area (Å²) < 4.78 is 2.65. The predicted octanol–water partition coefficient (Wildman–Crippen LogP) is 19.1. The maximum absolute atomic E-state index is 2.45. The van der Waals surface area contributed by atoms with Crippen LogP contribution in [0.2, 0.25) is 0 Å². The highest BCUT2D eigenvalue weighted by Crippen LogP contribution is 2.57. The first-order chi connectivity index (χ1) is 34.0. The van der Waals surface area contributed by atoms with Crippen molar-refractivity contribution in [3.63, 3.8) is 0 Å². The van der Waals surface area contributed by atoms with Gasteiger partial charge in [0.2, 0.25) is 0 Å². The van der Waals surface area contributed by atoms with Crippen molar-refractivity contribution < 1.29 is 0 Å². The van der Waals surface area contributed by atoms with Gasteiger partial charge in [0.15, 0.2) is 0 Å². The first-order valence-electron chi connectivity index (χ1n) is 23.7. The molecule has 0 fully saturated rings. The van der Waals surface area contributed by atoms with E-state index in [4.69, 9.17) is 0 Å². The Morgan fingerprint density at radius 3 is 1.48 bits per heavy atom. The van der Waals surface area contributed by atoms with E-state index >= 15 is 0 Å². The minimum absolute atomic E-state index is 0.255. The molecule has 0 spiro atoms. The van der Waals surface area contributed by atoms with E-state index in [0.717, 1.165) is 51.2 Å². The van der Waals surface area contributed by atoms with Crippen LogP contribution in [0.15, 0.2) is 249 Å². The van der Waals surface area contributed by atoms with Crippen molar-refractivity contribution >= 4 is 104 Å². The molecule has 0 aliphatic heterocycles. The maximum Gasteiger partial charge on any atom is 0.0564 e. The molecule has 1 aliphatic carbocycles. The van der Waals surface area contributed by atoms with Crippen LogP contribution in [0.5, 0.6) is 0 Å². The number of fused-ring (bicyclic) bond motifs is 9. The molecule has 0 amide bonds. The Bertz CT molecular complexity index is 3840. The molecule has 1 aromatic heterocycles. The second kappa shape index (κ2) is 16.4. The fourth-order valence-electron chi connectivity index (χ4n) is 10.9. The molecule has 0 N–H and O–H groups in total. The van der Waals surface area contributed by atoms with Gasteiger partial charge >= 0.3 is 0 Å². The van der Waals surface area contributed by atoms with E-state index in [-0.39, 0.29) is 5.41 Å². The fourth-order valence-corrected chi connectivity index (χ4v) is 12.0. The van der Waals surface area contributed by atoms with Crippen molar-refractivity contribution in [2.45, 2.75) is 19.3 Å². The highest BCUT2D eigenvalue weighted by atomic mass is 32.1. The van der Waals surface area contributed by atoms with Gasteiger partial charge in [-0.3, -0.25) is 0 Å². The summed E-state index contributed by atoms with van der Waals surface area (Å²) >= 11 is 1.87. The van der Waals surface area contributed by atoms with Crippen LogP contribution in [0.25, 0.3) is 52.8 Å². The van der Waals surface area contributed by atoms with Gasteiger partial charge in [0, 0.05) is 76.6 Å². The third kappa shape index (κ3) is 6.86. The average Bonchev–Trinajstić information content (AvgIpc) is 3.88. The summed E-state index contributed by atoms with van der Waals surface area (Å²) in [6, 6.07) is 91.1. The van der Waals surface area contributed by atoms with Gasteiger partial charge in [-0.15, -0.1) is 11.3 Å². The number of anilines is 9. The lowest BCUT2D eigenvalue weighted by atomic mass is 9.82. The summed E-state index contributed by atoms with van der Waals surface area (Å²) in [5.41, 5.74) is 14.7. The molecule has 1 heterocycles. The van der Waals surface area contributed by atoms with Gasteiger partial charge in [0.05, 0.1) is 5.69 Å². The van der Waals surface area contributed by atoms with Gasteiger partial charge in [-0.25, -0.2) is 0 Å². The zero-order valence-corrected chi connectivity index (χ0v) is 39.2. The van der Waals surface area contributed by atoms with Crippen molar-refractivity contribution in [1.82, 2.24) is 0 Å². The lowest BCUT2D eigenvalue weighted by Gasteiger charge is -2.33. The van der Waals surface area contributed by atoms with Crippen LogP contribution in [0, 0.1) is 0 Å². The molecule has 0 radical (unpaired) electrons. The fraction of sp³-hybridized carbons (Fsp3) is 0.0462. The standard InChI is InChI=1S/C65H47N3S/c1-65(2)59-32-17-15-31-56(59)64-60(65)41-53(42-61(64)68(48-24-11-5-12-25-48)49-26-13-6-14-27-49)67(47-22-9-4-10-23-47)51-29-19-28-50(40-51)66(46-20-7-3-8-21-46)52-36-37-54-44(38-52)34-35-45-39-63-58(43-57(45)54)55-30-16-18-33-62(55)69-63/h3-43H,1-2H3. The lowest BCUT2D eigenvalue weighted by molar-refractivity contribution is 0.660. The van der Waals surface area contributed by atoms with E-state index in [1.165, 1.54) is 64.0 Å². The van der Waals surface area contributed by atoms with E-state index in [0.29, 0.717) is 0 Å². The second-order valence-electron chi connectivity index (χ2n) is 18.6. The number of para-hydroxylation sites is 4. The SMILES string of the molecule is CC1(C)c2ccccc2-c2c(N(c3ccccc3)c3ccccc3)cc(N(c3ccccc3)c3cccc(N(c4ccccc4)c4ccc5c(ccc6cc7sc8ccccc8c7cc65)c4)c3)cc21. The van der Waals surface area contributed by atoms with Crippen LogP contribution < -0.4 is 14.7 Å². The van der Waals surface area contributed by atoms with Crippen molar-refractivity contribution in [3.8, 4) is 11.1 Å². The summed E-state index contributed by atoms with van der Waals surface area (Å²) in [5.74, 6) is 0. The van der Waals surface area contributed by atoms with Gasteiger partial charge < -0.3 is 14.7 Å². The number of thiophene rings is 1. The van der Waals surface area contributed by atoms with Crippen LogP contribution in [0.1, 0.15) is 25.0 Å². The Hall–Kier alpha value is -8.44. The van der Waals surface area contributed by atoms with Crippen LogP contribution in [-0.2, 0) is 5.41 Å². The third-order valence-electron chi connectivity index (χ3n) is 14.1. The number of benzene rings is 11. The summed E-state index contributed by atoms with van der Waals surface area (Å²) in [4.78, 5) is 7.27. The normalized spacial score (nSPS) is 12.6. The third-order valence-corrected chi connectivity index (χ3v) is 15.3. The van der Waals surface area contributed by atoms with E-state index in [2.05, 4.69) is 277 Å². The predicted molar refractivity (Wildman–Crippen MR) is 296 cm³/mol. The largest absolute Gasteiger partial charge is 0.310 e. The lowest BCUT2D eigenvalue weighted by Crippen LogP contribution is -2.18. The van der Waals surface area contributed by atoms with Gasteiger partial charge in [0.25, 0.3) is 0 Å². The molecule has 328 valence electrons. The molecule has 12 aromatic rings. The molecule has 1 aliphatic rings. The molecular weight excluding hydrogens is 855 g/mol. The quantitative estimate of drug-likeness (QED) is 0.134. The molecule has 0 bridgehead atoms. The van der Waals surface area contributed by atoms with Crippen LogP contribution in [-0.4, -0.2) is 0 Å². The van der Waals surface area contributed by atoms with Crippen LogP contribution in [0.4, 0.5) is 51.2 Å². The average molecular weight is 902 g/mol. The molecule has 69 heavy (non-hydrogen) atoms. The molecule has 0 unspecified atom stereocenters. The van der Waals surface area contributed by atoms with Crippen LogP contribution >= 0.6 is 11.3 Å². The highest BCUT2D eigenvalue weighted by molar-refractivity contribution is 7.25. The Morgan fingerprint density at radius 1 is 0.304 bits per heavy atom. The summed E-state index contributed by atoms with van der Waals surface area (Å²) in [6.45, 7) is 4.76. The Labute approximate surface area is 407 Å². The zero-order valence-electron chi connectivity index (χ0n) is 38.4. The molecule has 3 nitrogen and oxygen atoms in total. The molecule has 13 rings (SSSR count). The summed E-state index contributed by atoms with van der Waals surface area (Å²) in [5, 5.41) is 7.64. The Morgan fingerprint density at radius 2 is 0.826 bits per heavy atom. The molecular formula is C65H47N3S. The molecule has 4 heteroatoms. The topological polar surface area (TPSA) is 9.72 Å². The molecule has 0 saturated carbocycles. The van der Waals surface area contributed by atoms with E-state index < -0.39 is 0 Å². The van der Waals surface area contributed by atoms with E-state index in [1.54, 1.807) is 0 Å². The number of nitrogens with zero attached hydrogens (tertiary/aromatic N) is 3. The highest BCUT2D eigenvalue weighted by Gasteiger charge is 2.39. The number of rotatable bonds is 9. The van der Waals surface area contributed by atoms with Gasteiger partial charge in [0.1, 0.15) is 0 Å². The monoisotopic (exact) mass is 901 g/mol. The summed E-state index contributed by atoms with van der Waals surface area (Å²) in [6.07, 6.45) is 0. The minimum atomic E-state index is -0.255. The molecule has 0 saturated heterocycles. The minimum Gasteiger partial charge on any atom is -0.310 e.